The maximum absolute atomic E-state index is 12.7. The van der Waals surface area contributed by atoms with Crippen LogP contribution >= 0.6 is 0 Å². The van der Waals surface area contributed by atoms with Gasteiger partial charge in [0.2, 0.25) is 0 Å². The third kappa shape index (κ3) is 5.34. The van der Waals surface area contributed by atoms with Crippen LogP contribution in [0.3, 0.4) is 0 Å². The zero-order valence-corrected chi connectivity index (χ0v) is 19.7. The zero-order valence-electron chi connectivity index (χ0n) is 19.7. The van der Waals surface area contributed by atoms with Gasteiger partial charge in [-0.3, -0.25) is 19.6 Å². The SMILES string of the molecule is CC(CCCC(=O)O)NC(=O)c1cnn(C)c1NC(=O)OCC1c2ccccc2-c2ccccc21. The number of hydrogen-bond acceptors (Lipinski definition) is 5. The number of ether oxygens (including phenoxy) is 1. The van der Waals surface area contributed by atoms with Gasteiger partial charge in [-0.05, 0) is 42.0 Å². The quantitative estimate of drug-likeness (QED) is 0.426. The first-order valence-corrected chi connectivity index (χ1v) is 11.5. The number of aryl methyl sites for hydroxylation is 1. The summed E-state index contributed by atoms with van der Waals surface area (Å²) in [6.45, 7) is 1.95. The van der Waals surface area contributed by atoms with E-state index in [4.69, 9.17) is 9.84 Å². The molecule has 0 radical (unpaired) electrons. The van der Waals surface area contributed by atoms with Gasteiger partial charge in [-0.15, -0.1) is 0 Å². The number of rotatable bonds is 9. The van der Waals surface area contributed by atoms with Crippen molar-refractivity contribution in [3.8, 4) is 11.1 Å². The smallest absolute Gasteiger partial charge is 0.412 e. The third-order valence-corrected chi connectivity index (χ3v) is 6.15. The highest BCUT2D eigenvalue weighted by atomic mass is 16.5. The second kappa shape index (κ2) is 10.4. The summed E-state index contributed by atoms with van der Waals surface area (Å²) in [6, 6.07) is 15.9. The number of amides is 2. The van der Waals surface area contributed by atoms with Crippen LogP contribution in [0.4, 0.5) is 10.6 Å². The van der Waals surface area contributed by atoms with E-state index in [1.54, 1.807) is 14.0 Å². The lowest BCUT2D eigenvalue weighted by atomic mass is 9.98. The van der Waals surface area contributed by atoms with Crippen LogP contribution in [-0.2, 0) is 16.6 Å². The van der Waals surface area contributed by atoms with E-state index in [0.29, 0.717) is 12.8 Å². The van der Waals surface area contributed by atoms with E-state index in [1.165, 1.54) is 10.9 Å². The average molecular weight is 477 g/mol. The fourth-order valence-corrected chi connectivity index (χ4v) is 4.42. The van der Waals surface area contributed by atoms with Crippen molar-refractivity contribution in [2.45, 2.75) is 38.1 Å². The molecule has 9 nitrogen and oxygen atoms in total. The summed E-state index contributed by atoms with van der Waals surface area (Å²) in [6.07, 6.45) is 1.71. The molecular formula is C26H28N4O5. The zero-order chi connectivity index (χ0) is 24.9. The number of aliphatic carboxylic acids is 1. The normalized spacial score (nSPS) is 13.0. The second-order valence-corrected chi connectivity index (χ2v) is 8.64. The van der Waals surface area contributed by atoms with Gasteiger partial charge >= 0.3 is 12.1 Å². The summed E-state index contributed by atoms with van der Waals surface area (Å²) in [4.78, 5) is 36.1. The molecule has 0 spiro atoms. The number of hydrogen-bond donors (Lipinski definition) is 3. The lowest BCUT2D eigenvalue weighted by Gasteiger charge is -2.16. The van der Waals surface area contributed by atoms with Crippen LogP contribution in [0.2, 0.25) is 0 Å². The molecule has 9 heteroatoms. The van der Waals surface area contributed by atoms with Crippen molar-refractivity contribution in [2.24, 2.45) is 7.05 Å². The molecule has 1 heterocycles. The van der Waals surface area contributed by atoms with Crippen LogP contribution in [0.25, 0.3) is 11.1 Å². The van der Waals surface area contributed by atoms with Gasteiger partial charge in [0.05, 0.1) is 6.20 Å². The number of fused-ring (bicyclic) bond motifs is 3. The molecule has 0 fully saturated rings. The maximum atomic E-state index is 12.7. The minimum atomic E-state index is -0.870. The van der Waals surface area contributed by atoms with E-state index in [-0.39, 0.29) is 36.4 Å². The largest absolute Gasteiger partial charge is 0.481 e. The van der Waals surface area contributed by atoms with E-state index in [9.17, 15) is 14.4 Å². The maximum Gasteiger partial charge on any atom is 0.412 e. The van der Waals surface area contributed by atoms with Crippen LogP contribution < -0.4 is 10.6 Å². The van der Waals surface area contributed by atoms with Gasteiger partial charge in [0.1, 0.15) is 18.0 Å². The van der Waals surface area contributed by atoms with Gasteiger partial charge in [0.15, 0.2) is 0 Å². The summed E-state index contributed by atoms with van der Waals surface area (Å²) in [5.74, 6) is -1.13. The first-order valence-electron chi connectivity index (χ1n) is 11.5. The number of benzene rings is 2. The Hall–Kier alpha value is -4.14. The molecule has 0 saturated heterocycles. The van der Waals surface area contributed by atoms with Crippen molar-refractivity contribution < 1.29 is 24.2 Å². The molecular weight excluding hydrogens is 448 g/mol. The molecule has 4 rings (SSSR count). The molecule has 1 unspecified atom stereocenters. The minimum absolute atomic E-state index is 0.0433. The molecule has 1 aliphatic rings. The van der Waals surface area contributed by atoms with Gasteiger partial charge in [-0.25, -0.2) is 4.79 Å². The molecule has 1 aliphatic carbocycles. The first-order chi connectivity index (χ1) is 16.8. The van der Waals surface area contributed by atoms with Crippen LogP contribution in [0.1, 0.15) is 53.6 Å². The lowest BCUT2D eigenvalue weighted by Crippen LogP contribution is -2.33. The number of aromatic nitrogens is 2. The van der Waals surface area contributed by atoms with Gasteiger partial charge in [0.25, 0.3) is 5.91 Å². The average Bonchev–Trinajstić information content (AvgIpc) is 3.35. The van der Waals surface area contributed by atoms with Gasteiger partial charge < -0.3 is 15.2 Å². The minimum Gasteiger partial charge on any atom is -0.481 e. The Morgan fingerprint density at radius 1 is 1.09 bits per heavy atom. The molecule has 0 bridgehead atoms. The highest BCUT2D eigenvalue weighted by molar-refractivity contribution is 6.01. The fraction of sp³-hybridized carbons (Fsp3) is 0.308. The van der Waals surface area contributed by atoms with Crippen molar-refractivity contribution in [3.63, 3.8) is 0 Å². The van der Waals surface area contributed by atoms with Crippen molar-refractivity contribution in [3.05, 3.63) is 71.4 Å². The highest BCUT2D eigenvalue weighted by Crippen LogP contribution is 2.44. The number of carbonyl (C=O) groups excluding carboxylic acids is 2. The fourth-order valence-electron chi connectivity index (χ4n) is 4.42. The second-order valence-electron chi connectivity index (χ2n) is 8.64. The van der Waals surface area contributed by atoms with E-state index >= 15 is 0 Å². The van der Waals surface area contributed by atoms with Crippen LogP contribution in [0.5, 0.6) is 0 Å². The number of carbonyl (C=O) groups is 3. The molecule has 1 aromatic heterocycles. The molecule has 182 valence electrons. The Bertz CT molecular complexity index is 1210. The molecule has 3 N–H and O–H groups in total. The van der Waals surface area contributed by atoms with Crippen molar-refractivity contribution in [1.29, 1.82) is 0 Å². The number of carboxylic acid groups (broad SMARTS) is 1. The number of nitrogens with one attached hydrogen (secondary N) is 2. The Balaban J connectivity index is 1.39. The summed E-state index contributed by atoms with van der Waals surface area (Å²) in [5, 5.41) is 18.3. The predicted molar refractivity (Wildman–Crippen MR) is 130 cm³/mol. The van der Waals surface area contributed by atoms with Crippen LogP contribution in [0.15, 0.2) is 54.7 Å². The van der Waals surface area contributed by atoms with Crippen LogP contribution in [0, 0.1) is 0 Å². The Labute approximate surface area is 203 Å². The third-order valence-electron chi connectivity index (χ3n) is 6.15. The van der Waals surface area contributed by atoms with Gasteiger partial charge in [-0.2, -0.15) is 5.10 Å². The van der Waals surface area contributed by atoms with Crippen molar-refractivity contribution in [1.82, 2.24) is 15.1 Å². The summed E-state index contributed by atoms with van der Waals surface area (Å²) < 4.78 is 6.98. The van der Waals surface area contributed by atoms with Gasteiger partial charge in [-0.1, -0.05) is 48.5 Å². The molecule has 1 atom stereocenters. The predicted octanol–water partition coefficient (Wildman–Crippen LogP) is 4.15. The van der Waals surface area contributed by atoms with Crippen molar-refractivity contribution >= 4 is 23.8 Å². The van der Waals surface area contributed by atoms with E-state index < -0.39 is 18.0 Å². The Morgan fingerprint density at radius 2 is 1.71 bits per heavy atom. The Morgan fingerprint density at radius 3 is 2.34 bits per heavy atom. The molecule has 0 aliphatic heterocycles. The van der Waals surface area contributed by atoms with Crippen molar-refractivity contribution in [2.75, 3.05) is 11.9 Å². The lowest BCUT2D eigenvalue weighted by molar-refractivity contribution is -0.137. The molecule has 3 aromatic rings. The standard InChI is InChI=1S/C26H28N4O5/c1-16(8-7-13-23(31)32)28-25(33)21-14-27-30(2)24(21)29-26(34)35-15-22-19-11-5-3-9-17(19)18-10-4-6-12-20(18)22/h3-6,9-12,14,16,22H,7-8,13,15H2,1-2H3,(H,28,33)(H,29,34)(H,31,32). The Kier molecular flexibility index (Phi) is 7.14. The number of nitrogens with zero attached hydrogens (tertiary/aromatic N) is 2. The van der Waals surface area contributed by atoms with E-state index in [1.807, 2.05) is 36.4 Å². The van der Waals surface area contributed by atoms with Gasteiger partial charge in [0, 0.05) is 25.4 Å². The summed E-state index contributed by atoms with van der Waals surface area (Å²) in [5.41, 5.74) is 4.70. The number of carboxylic acids is 1. The monoisotopic (exact) mass is 476 g/mol. The topological polar surface area (TPSA) is 123 Å². The van der Waals surface area contributed by atoms with Crippen LogP contribution in [-0.4, -0.2) is 45.5 Å². The molecule has 35 heavy (non-hydrogen) atoms. The van der Waals surface area contributed by atoms with E-state index in [0.717, 1.165) is 22.3 Å². The molecule has 0 saturated carbocycles. The first kappa shape index (κ1) is 24.0. The summed E-state index contributed by atoms with van der Waals surface area (Å²) >= 11 is 0. The summed E-state index contributed by atoms with van der Waals surface area (Å²) in [7, 11) is 1.62. The number of anilines is 1. The molecule has 2 amide bonds. The van der Waals surface area contributed by atoms with E-state index in [2.05, 4.69) is 27.9 Å². The highest BCUT2D eigenvalue weighted by Gasteiger charge is 2.29. The molecule has 2 aromatic carbocycles.